The number of aromatic nitrogens is 1. The summed E-state index contributed by atoms with van der Waals surface area (Å²) in [5.74, 6) is -2.53. The van der Waals surface area contributed by atoms with E-state index >= 15 is 0 Å². The quantitative estimate of drug-likeness (QED) is 0.390. The Morgan fingerprint density at radius 1 is 0.946 bits per heavy atom. The fourth-order valence-corrected chi connectivity index (χ4v) is 5.44. The number of pyridine rings is 1. The van der Waals surface area contributed by atoms with Crippen LogP contribution in [-0.4, -0.2) is 90.6 Å². The molecule has 0 saturated carbocycles. The lowest BCUT2D eigenvalue weighted by molar-refractivity contribution is -0.159. The normalized spacial score (nSPS) is 14.2. The molecule has 0 aliphatic carbocycles. The molecule has 2 heterocycles. The van der Waals surface area contributed by atoms with Crippen molar-refractivity contribution in [2.24, 2.45) is 0 Å². The van der Waals surface area contributed by atoms with E-state index in [1.165, 1.54) is 0 Å². The predicted octanol–water partition coefficient (Wildman–Crippen LogP) is 2.36. The third kappa shape index (κ3) is 7.25. The number of carboxylic acid groups (broad SMARTS) is 2. The molecule has 0 atom stereocenters. The van der Waals surface area contributed by atoms with Gasteiger partial charge in [-0.05, 0) is 30.0 Å². The van der Waals surface area contributed by atoms with Gasteiger partial charge < -0.3 is 20.2 Å². The van der Waals surface area contributed by atoms with Crippen molar-refractivity contribution >= 4 is 38.4 Å². The van der Waals surface area contributed by atoms with Crippen LogP contribution in [0.25, 0.3) is 22.0 Å². The van der Waals surface area contributed by atoms with Crippen LogP contribution in [0.3, 0.4) is 0 Å². The zero-order valence-electron chi connectivity index (χ0n) is 20.6. The first kappa shape index (κ1) is 28.0. The van der Waals surface area contributed by atoms with Gasteiger partial charge in [0.05, 0.1) is 22.9 Å². The highest BCUT2D eigenvalue weighted by Crippen LogP contribution is 2.31. The standard InChI is InChI=1S/C24H29N3O3S.C2H2O4/c1-2-17-31(29,30)21-9-7-19(8-10-21)23-18-20-5-3-4-6-22(20)24(25-23)27-13-11-26(12-14-27)15-16-28;3-1(4)2(5)6/h3-10,18,28H,2,11-17H2,1H3;(H,3,4)(H,5,6). The number of anilines is 1. The van der Waals surface area contributed by atoms with Crippen molar-refractivity contribution in [3.05, 3.63) is 54.6 Å². The molecule has 0 radical (unpaired) electrons. The number of carbonyl (C=O) groups is 2. The number of benzene rings is 2. The van der Waals surface area contributed by atoms with E-state index < -0.39 is 21.8 Å². The average Bonchev–Trinajstić information content (AvgIpc) is 2.89. The van der Waals surface area contributed by atoms with Crippen molar-refractivity contribution in [3.8, 4) is 11.3 Å². The molecule has 1 fully saturated rings. The van der Waals surface area contributed by atoms with Crippen molar-refractivity contribution in [2.75, 3.05) is 50.0 Å². The predicted molar refractivity (Wildman–Crippen MR) is 141 cm³/mol. The van der Waals surface area contributed by atoms with Crippen LogP contribution < -0.4 is 4.90 Å². The summed E-state index contributed by atoms with van der Waals surface area (Å²) in [6, 6.07) is 17.4. The molecule has 0 unspecified atom stereocenters. The summed E-state index contributed by atoms with van der Waals surface area (Å²) in [6.07, 6.45) is 0.602. The number of aliphatic carboxylic acids is 2. The van der Waals surface area contributed by atoms with E-state index in [4.69, 9.17) is 24.8 Å². The minimum Gasteiger partial charge on any atom is -0.473 e. The molecule has 37 heavy (non-hydrogen) atoms. The molecule has 2 aromatic carbocycles. The Hall–Kier alpha value is -3.54. The topological polar surface area (TPSA) is 148 Å². The second-order valence-corrected chi connectivity index (χ2v) is 10.7. The number of aliphatic hydroxyl groups is 1. The number of hydrogen-bond donors (Lipinski definition) is 3. The SMILES string of the molecule is CCCS(=O)(=O)c1ccc(-c2cc3ccccc3c(N3CCN(CCO)CC3)n2)cc1.O=C(O)C(=O)O. The fraction of sp³-hybridized carbons (Fsp3) is 0.346. The summed E-state index contributed by atoms with van der Waals surface area (Å²) in [5, 5.41) is 26.2. The van der Waals surface area contributed by atoms with Crippen LogP contribution in [0.15, 0.2) is 59.5 Å². The van der Waals surface area contributed by atoms with Gasteiger partial charge in [0.2, 0.25) is 0 Å². The second-order valence-electron chi connectivity index (χ2n) is 8.56. The number of nitrogens with zero attached hydrogens (tertiary/aromatic N) is 3. The lowest BCUT2D eigenvalue weighted by atomic mass is 10.1. The number of carboxylic acids is 2. The summed E-state index contributed by atoms with van der Waals surface area (Å²) in [6.45, 7) is 6.25. The molecule has 1 aliphatic heterocycles. The van der Waals surface area contributed by atoms with E-state index in [1.807, 2.05) is 31.2 Å². The summed E-state index contributed by atoms with van der Waals surface area (Å²) in [4.78, 5) is 28.1. The summed E-state index contributed by atoms with van der Waals surface area (Å²) < 4.78 is 24.7. The van der Waals surface area contributed by atoms with Gasteiger partial charge >= 0.3 is 11.9 Å². The number of β-amino-alcohol motifs (C(OH)–C–C–N with tert-alkyl or cyclic N) is 1. The molecule has 10 nitrogen and oxygen atoms in total. The van der Waals surface area contributed by atoms with Gasteiger partial charge in [-0.25, -0.2) is 23.0 Å². The molecule has 1 aliphatic rings. The van der Waals surface area contributed by atoms with E-state index in [2.05, 4.69) is 28.0 Å². The second kappa shape index (κ2) is 12.6. The fourth-order valence-electron chi connectivity index (χ4n) is 4.11. The summed E-state index contributed by atoms with van der Waals surface area (Å²) >= 11 is 0. The first-order valence-electron chi connectivity index (χ1n) is 11.9. The highest BCUT2D eigenvalue weighted by atomic mass is 32.2. The van der Waals surface area contributed by atoms with Crippen LogP contribution in [-0.2, 0) is 19.4 Å². The molecule has 198 valence electrons. The van der Waals surface area contributed by atoms with Crippen molar-refractivity contribution in [1.82, 2.24) is 9.88 Å². The maximum Gasteiger partial charge on any atom is 0.414 e. The van der Waals surface area contributed by atoms with Crippen LogP contribution in [0.5, 0.6) is 0 Å². The van der Waals surface area contributed by atoms with E-state index in [9.17, 15) is 13.5 Å². The Labute approximate surface area is 215 Å². The van der Waals surface area contributed by atoms with Gasteiger partial charge in [-0.2, -0.15) is 0 Å². The highest BCUT2D eigenvalue weighted by molar-refractivity contribution is 7.91. The lowest BCUT2D eigenvalue weighted by Gasteiger charge is -2.35. The molecule has 3 N–H and O–H groups in total. The van der Waals surface area contributed by atoms with Crippen molar-refractivity contribution in [1.29, 1.82) is 0 Å². The number of hydrogen-bond acceptors (Lipinski definition) is 8. The van der Waals surface area contributed by atoms with Crippen molar-refractivity contribution in [3.63, 3.8) is 0 Å². The average molecular weight is 530 g/mol. The van der Waals surface area contributed by atoms with Crippen LogP contribution >= 0.6 is 0 Å². The van der Waals surface area contributed by atoms with Gasteiger partial charge in [-0.1, -0.05) is 43.3 Å². The number of sulfone groups is 1. The zero-order valence-corrected chi connectivity index (χ0v) is 21.4. The molecule has 0 spiro atoms. The minimum atomic E-state index is -3.23. The molecular formula is C26H31N3O7S. The van der Waals surface area contributed by atoms with Gasteiger partial charge in [0.1, 0.15) is 5.82 Å². The van der Waals surface area contributed by atoms with Crippen LogP contribution in [0.2, 0.25) is 0 Å². The molecule has 0 amide bonds. The summed E-state index contributed by atoms with van der Waals surface area (Å²) in [7, 11) is -3.23. The van der Waals surface area contributed by atoms with Gasteiger partial charge in [0, 0.05) is 43.7 Å². The van der Waals surface area contributed by atoms with Crippen LogP contribution in [0.1, 0.15) is 13.3 Å². The Bertz CT molecular complexity index is 1320. The van der Waals surface area contributed by atoms with E-state index in [-0.39, 0.29) is 12.4 Å². The molecule has 1 saturated heterocycles. The first-order valence-corrected chi connectivity index (χ1v) is 13.6. The van der Waals surface area contributed by atoms with E-state index in [0.717, 1.165) is 54.0 Å². The number of fused-ring (bicyclic) bond motifs is 1. The van der Waals surface area contributed by atoms with Gasteiger partial charge in [-0.3, -0.25) is 4.90 Å². The molecule has 0 bridgehead atoms. The third-order valence-electron chi connectivity index (χ3n) is 5.97. The largest absolute Gasteiger partial charge is 0.473 e. The summed E-state index contributed by atoms with van der Waals surface area (Å²) in [5.41, 5.74) is 1.74. The molecule has 4 rings (SSSR count). The molecule has 1 aromatic heterocycles. The number of piperazine rings is 1. The Morgan fingerprint density at radius 2 is 1.57 bits per heavy atom. The van der Waals surface area contributed by atoms with Crippen molar-refractivity contribution in [2.45, 2.75) is 18.2 Å². The Balaban J connectivity index is 0.000000568. The number of rotatable bonds is 7. The van der Waals surface area contributed by atoms with Crippen molar-refractivity contribution < 1.29 is 33.3 Å². The van der Waals surface area contributed by atoms with Crippen LogP contribution in [0.4, 0.5) is 5.82 Å². The Kier molecular flexibility index (Phi) is 9.56. The Morgan fingerprint density at radius 3 is 2.14 bits per heavy atom. The molecular weight excluding hydrogens is 498 g/mol. The maximum absolute atomic E-state index is 12.3. The van der Waals surface area contributed by atoms with E-state index in [1.54, 1.807) is 12.1 Å². The molecule has 3 aromatic rings. The number of aliphatic hydroxyl groups excluding tert-OH is 1. The van der Waals surface area contributed by atoms with Gasteiger partial charge in [0.25, 0.3) is 0 Å². The zero-order chi connectivity index (χ0) is 27.0. The van der Waals surface area contributed by atoms with Gasteiger partial charge in [0.15, 0.2) is 9.84 Å². The van der Waals surface area contributed by atoms with Gasteiger partial charge in [-0.15, -0.1) is 0 Å². The smallest absolute Gasteiger partial charge is 0.414 e. The first-order chi connectivity index (χ1) is 17.7. The highest BCUT2D eigenvalue weighted by Gasteiger charge is 2.20. The monoisotopic (exact) mass is 529 g/mol. The van der Waals surface area contributed by atoms with E-state index in [0.29, 0.717) is 17.9 Å². The van der Waals surface area contributed by atoms with Crippen LogP contribution in [0, 0.1) is 0 Å². The maximum atomic E-state index is 12.3. The molecule has 11 heteroatoms. The lowest BCUT2D eigenvalue weighted by Crippen LogP contribution is -2.47. The minimum absolute atomic E-state index is 0.160. The third-order valence-corrected chi connectivity index (χ3v) is 7.91.